The van der Waals surface area contributed by atoms with Crippen molar-refractivity contribution in [3.63, 3.8) is 0 Å². The average molecular weight is 278 g/mol. The van der Waals surface area contributed by atoms with Gasteiger partial charge in [0.2, 0.25) is 0 Å². The van der Waals surface area contributed by atoms with Gasteiger partial charge < -0.3 is 10.6 Å². The Hall–Kier alpha value is -0.930. The molecule has 2 N–H and O–H groups in total. The molecule has 0 spiro atoms. The average Bonchev–Trinajstić information content (AvgIpc) is 2.39. The van der Waals surface area contributed by atoms with E-state index in [-0.39, 0.29) is 17.4 Å². The summed E-state index contributed by atoms with van der Waals surface area (Å²) in [7, 11) is 4.24. The summed E-state index contributed by atoms with van der Waals surface area (Å²) in [5.74, 6) is 0.596. The van der Waals surface area contributed by atoms with Gasteiger partial charge in [0, 0.05) is 11.6 Å². The molecule has 0 aliphatic heterocycles. The van der Waals surface area contributed by atoms with E-state index in [1.165, 1.54) is 18.9 Å². The van der Waals surface area contributed by atoms with Gasteiger partial charge in [-0.1, -0.05) is 13.0 Å². The van der Waals surface area contributed by atoms with E-state index in [0.29, 0.717) is 0 Å². The van der Waals surface area contributed by atoms with Crippen molar-refractivity contribution >= 4 is 0 Å². The van der Waals surface area contributed by atoms with Crippen molar-refractivity contribution in [3.8, 4) is 0 Å². The third kappa shape index (κ3) is 2.75. The highest BCUT2D eigenvalue weighted by atomic mass is 19.1. The van der Waals surface area contributed by atoms with Gasteiger partial charge in [-0.2, -0.15) is 0 Å². The molecule has 2 nitrogen and oxygen atoms in total. The number of halogens is 1. The van der Waals surface area contributed by atoms with Crippen LogP contribution in [0.15, 0.2) is 18.2 Å². The van der Waals surface area contributed by atoms with Crippen LogP contribution in [0.2, 0.25) is 0 Å². The second-order valence-electron chi connectivity index (χ2n) is 6.66. The molecular formula is C17H27FN2. The first-order valence-electron chi connectivity index (χ1n) is 7.56. The quantitative estimate of drug-likeness (QED) is 0.914. The maximum Gasteiger partial charge on any atom is 0.123 e. The molecule has 3 heteroatoms. The smallest absolute Gasteiger partial charge is 0.123 e. The van der Waals surface area contributed by atoms with E-state index in [1.54, 1.807) is 6.07 Å². The summed E-state index contributed by atoms with van der Waals surface area (Å²) in [5.41, 5.74) is 8.67. The van der Waals surface area contributed by atoms with Crippen LogP contribution in [0, 0.1) is 18.7 Å². The molecule has 1 aromatic carbocycles. The lowest BCUT2D eigenvalue weighted by Gasteiger charge is -2.49. The summed E-state index contributed by atoms with van der Waals surface area (Å²) < 4.78 is 13.3. The summed E-state index contributed by atoms with van der Waals surface area (Å²) in [5, 5.41) is 0. The summed E-state index contributed by atoms with van der Waals surface area (Å²) in [6.45, 7) is 4.27. The van der Waals surface area contributed by atoms with Crippen molar-refractivity contribution in [2.24, 2.45) is 11.7 Å². The van der Waals surface area contributed by atoms with Gasteiger partial charge in [0.05, 0.1) is 0 Å². The molecule has 112 valence electrons. The fraction of sp³-hybridized carbons (Fsp3) is 0.647. The number of hydrogen-bond donors (Lipinski definition) is 1. The maximum atomic E-state index is 13.3. The normalized spacial score (nSPS) is 28.6. The molecule has 1 saturated carbocycles. The largest absolute Gasteiger partial charge is 0.322 e. The fourth-order valence-electron chi connectivity index (χ4n) is 3.58. The van der Waals surface area contributed by atoms with Gasteiger partial charge in [-0.25, -0.2) is 4.39 Å². The highest BCUT2D eigenvalue weighted by Crippen LogP contribution is 2.43. The minimum absolute atomic E-state index is 0.00486. The molecular weight excluding hydrogens is 251 g/mol. The molecule has 1 aromatic rings. The van der Waals surface area contributed by atoms with E-state index in [2.05, 4.69) is 25.9 Å². The van der Waals surface area contributed by atoms with Gasteiger partial charge in [0.25, 0.3) is 0 Å². The number of aryl methyl sites for hydroxylation is 1. The van der Waals surface area contributed by atoms with Crippen molar-refractivity contribution in [2.75, 3.05) is 14.1 Å². The van der Waals surface area contributed by atoms with Crippen LogP contribution in [0.25, 0.3) is 0 Å². The molecule has 0 amide bonds. The zero-order chi connectivity index (χ0) is 14.9. The Morgan fingerprint density at radius 1 is 1.30 bits per heavy atom. The molecule has 0 aromatic heterocycles. The standard InChI is InChI=1S/C17H27FN2/c1-12-7-9-17(10-8-12,20(3)4)16(19)15-6-5-14(18)11-13(15)2/h5-6,11-12,16H,7-10,19H2,1-4H3. The Morgan fingerprint density at radius 2 is 1.90 bits per heavy atom. The van der Waals surface area contributed by atoms with Gasteiger partial charge in [0.1, 0.15) is 5.82 Å². The minimum atomic E-state index is -0.186. The van der Waals surface area contributed by atoms with Crippen molar-refractivity contribution < 1.29 is 4.39 Å². The number of benzene rings is 1. The van der Waals surface area contributed by atoms with Crippen molar-refractivity contribution in [2.45, 2.75) is 51.1 Å². The van der Waals surface area contributed by atoms with E-state index in [4.69, 9.17) is 5.73 Å². The summed E-state index contributed by atoms with van der Waals surface area (Å²) in [4.78, 5) is 2.28. The Balaban J connectivity index is 2.34. The van der Waals surface area contributed by atoms with E-state index in [1.807, 2.05) is 13.0 Å². The van der Waals surface area contributed by atoms with Gasteiger partial charge >= 0.3 is 0 Å². The van der Waals surface area contributed by atoms with Crippen LogP contribution in [-0.4, -0.2) is 24.5 Å². The number of nitrogens with zero attached hydrogens (tertiary/aromatic N) is 1. The van der Waals surface area contributed by atoms with Crippen LogP contribution in [-0.2, 0) is 0 Å². The molecule has 20 heavy (non-hydrogen) atoms. The first kappa shape index (κ1) is 15.5. The summed E-state index contributed by atoms with van der Waals surface area (Å²) in [6, 6.07) is 4.91. The van der Waals surface area contributed by atoms with Crippen LogP contribution >= 0.6 is 0 Å². The van der Waals surface area contributed by atoms with Crippen LogP contribution in [0.1, 0.15) is 49.8 Å². The Kier molecular flexibility index (Phi) is 4.50. The highest BCUT2D eigenvalue weighted by molar-refractivity contribution is 5.32. The predicted molar refractivity (Wildman–Crippen MR) is 82.1 cm³/mol. The Morgan fingerprint density at radius 3 is 2.40 bits per heavy atom. The number of rotatable bonds is 3. The van der Waals surface area contributed by atoms with E-state index in [9.17, 15) is 4.39 Å². The summed E-state index contributed by atoms with van der Waals surface area (Å²) in [6.07, 6.45) is 4.65. The molecule has 0 radical (unpaired) electrons. The lowest BCUT2D eigenvalue weighted by atomic mass is 9.70. The van der Waals surface area contributed by atoms with Gasteiger partial charge in [-0.05, 0) is 75.9 Å². The first-order chi connectivity index (χ1) is 9.36. The first-order valence-corrected chi connectivity index (χ1v) is 7.56. The third-order valence-electron chi connectivity index (χ3n) is 5.18. The van der Waals surface area contributed by atoms with E-state index in [0.717, 1.165) is 29.9 Å². The second kappa shape index (κ2) is 5.82. The maximum absolute atomic E-state index is 13.3. The Bertz CT molecular complexity index is 462. The van der Waals surface area contributed by atoms with Crippen LogP contribution < -0.4 is 5.73 Å². The van der Waals surface area contributed by atoms with Crippen LogP contribution in [0.4, 0.5) is 4.39 Å². The lowest BCUT2D eigenvalue weighted by Crippen LogP contribution is -2.54. The topological polar surface area (TPSA) is 29.3 Å². The third-order valence-corrected chi connectivity index (χ3v) is 5.18. The molecule has 0 heterocycles. The zero-order valence-corrected chi connectivity index (χ0v) is 13.1. The molecule has 2 rings (SSSR count). The van der Waals surface area contributed by atoms with Crippen molar-refractivity contribution in [1.29, 1.82) is 0 Å². The monoisotopic (exact) mass is 278 g/mol. The molecule has 0 bridgehead atoms. The molecule has 1 fully saturated rings. The SMILES string of the molecule is Cc1cc(F)ccc1C(N)C1(N(C)C)CCC(C)CC1. The molecule has 1 unspecified atom stereocenters. The molecule has 1 aliphatic rings. The number of likely N-dealkylation sites (N-methyl/N-ethyl adjacent to an activating group) is 1. The molecule has 1 aliphatic carbocycles. The zero-order valence-electron chi connectivity index (χ0n) is 13.1. The highest BCUT2D eigenvalue weighted by Gasteiger charge is 2.42. The lowest BCUT2D eigenvalue weighted by molar-refractivity contribution is 0.0562. The fourth-order valence-corrected chi connectivity index (χ4v) is 3.58. The van der Waals surface area contributed by atoms with Gasteiger partial charge in [-0.3, -0.25) is 0 Å². The number of nitrogens with two attached hydrogens (primary N) is 1. The van der Waals surface area contributed by atoms with E-state index >= 15 is 0 Å². The van der Waals surface area contributed by atoms with Gasteiger partial charge in [-0.15, -0.1) is 0 Å². The molecule has 1 atom stereocenters. The molecule has 0 saturated heterocycles. The van der Waals surface area contributed by atoms with Crippen LogP contribution in [0.3, 0.4) is 0 Å². The minimum Gasteiger partial charge on any atom is -0.322 e. The van der Waals surface area contributed by atoms with E-state index < -0.39 is 0 Å². The summed E-state index contributed by atoms with van der Waals surface area (Å²) >= 11 is 0. The Labute approximate surface area is 122 Å². The number of hydrogen-bond acceptors (Lipinski definition) is 2. The van der Waals surface area contributed by atoms with Crippen molar-refractivity contribution in [3.05, 3.63) is 35.1 Å². The van der Waals surface area contributed by atoms with Crippen LogP contribution in [0.5, 0.6) is 0 Å². The second-order valence-corrected chi connectivity index (χ2v) is 6.66. The van der Waals surface area contributed by atoms with Crippen molar-refractivity contribution in [1.82, 2.24) is 4.90 Å². The predicted octanol–water partition coefficient (Wildman–Crippen LogP) is 3.64. The van der Waals surface area contributed by atoms with Gasteiger partial charge in [0.15, 0.2) is 0 Å².